The van der Waals surface area contributed by atoms with Crippen LogP contribution < -0.4 is 10.6 Å². The number of anilines is 3. The molecule has 150 valence electrons. The molecule has 0 aliphatic carbocycles. The molecule has 0 fully saturated rings. The number of carbonyl (C=O) groups excluding carboxylic acids is 1. The van der Waals surface area contributed by atoms with Gasteiger partial charge in [-0.1, -0.05) is 42.4 Å². The molecule has 29 heavy (non-hydrogen) atoms. The van der Waals surface area contributed by atoms with E-state index in [1.807, 2.05) is 24.3 Å². The fourth-order valence-electron chi connectivity index (χ4n) is 2.64. The number of hydrogen-bond acceptors (Lipinski definition) is 7. The molecule has 8 nitrogen and oxygen atoms in total. The Balaban J connectivity index is 1.66. The number of aromatic nitrogens is 4. The Morgan fingerprint density at radius 3 is 2.93 bits per heavy atom. The maximum absolute atomic E-state index is 11.5. The third kappa shape index (κ3) is 5.87. The second kappa shape index (κ2) is 9.81. The highest BCUT2D eigenvalue weighted by molar-refractivity contribution is 6.32. The lowest BCUT2D eigenvalue weighted by Gasteiger charge is -2.10. The first-order valence-corrected chi connectivity index (χ1v) is 9.35. The number of aliphatic hydroxyl groups is 1. The lowest BCUT2D eigenvalue weighted by molar-refractivity contribution is -0.114. The molecule has 0 saturated heterocycles. The average molecular weight is 413 g/mol. The molecule has 2 heterocycles. The summed E-state index contributed by atoms with van der Waals surface area (Å²) in [4.78, 5) is 20.1. The molecule has 3 rings (SSSR count). The van der Waals surface area contributed by atoms with Gasteiger partial charge in [0.05, 0.1) is 31.2 Å². The minimum absolute atomic E-state index is 0.00951. The number of nitrogens with zero attached hydrogens (tertiary/aromatic N) is 4. The lowest BCUT2D eigenvalue weighted by atomic mass is 10.1. The van der Waals surface area contributed by atoms with E-state index in [1.165, 1.54) is 12.3 Å². The maximum atomic E-state index is 11.5. The Hall–Kier alpha value is -3.23. The summed E-state index contributed by atoms with van der Waals surface area (Å²) < 4.78 is 1.61. The number of aliphatic hydroxyl groups excluding tert-OH is 1. The summed E-state index contributed by atoms with van der Waals surface area (Å²) in [5.74, 6) is 0.831. The number of hydrogen-bond donors (Lipinski definition) is 3. The van der Waals surface area contributed by atoms with Crippen LogP contribution in [0, 0.1) is 0 Å². The van der Waals surface area contributed by atoms with E-state index in [-0.39, 0.29) is 12.4 Å². The summed E-state index contributed by atoms with van der Waals surface area (Å²) in [6.07, 6.45) is 6.53. The largest absolute Gasteiger partial charge is 0.394 e. The van der Waals surface area contributed by atoms with Gasteiger partial charge in [-0.25, -0.2) is 4.98 Å². The van der Waals surface area contributed by atoms with Gasteiger partial charge in [0, 0.05) is 19.2 Å². The highest BCUT2D eigenvalue weighted by Crippen LogP contribution is 2.22. The number of benzene rings is 1. The number of halogens is 1. The van der Waals surface area contributed by atoms with Crippen LogP contribution in [-0.4, -0.2) is 37.2 Å². The van der Waals surface area contributed by atoms with Crippen LogP contribution in [0.1, 0.15) is 11.1 Å². The number of rotatable bonds is 10. The highest BCUT2D eigenvalue weighted by Gasteiger charge is 2.08. The van der Waals surface area contributed by atoms with Crippen LogP contribution in [0.5, 0.6) is 0 Å². The predicted octanol–water partition coefficient (Wildman–Crippen LogP) is 2.97. The van der Waals surface area contributed by atoms with E-state index < -0.39 is 0 Å². The summed E-state index contributed by atoms with van der Waals surface area (Å²) in [6.45, 7) is 4.41. The molecule has 3 N–H and O–H groups in total. The van der Waals surface area contributed by atoms with Gasteiger partial charge in [0.15, 0.2) is 11.6 Å². The fraction of sp³-hybridized carbons (Fsp3) is 0.200. The van der Waals surface area contributed by atoms with E-state index in [0.717, 1.165) is 11.1 Å². The second-order valence-corrected chi connectivity index (χ2v) is 6.66. The Bertz CT molecular complexity index is 1000. The van der Waals surface area contributed by atoms with Gasteiger partial charge >= 0.3 is 0 Å². The van der Waals surface area contributed by atoms with Crippen molar-refractivity contribution in [2.45, 2.75) is 19.5 Å². The minimum atomic E-state index is -0.0213. The van der Waals surface area contributed by atoms with Gasteiger partial charge in [0.1, 0.15) is 5.02 Å². The molecule has 2 aromatic heterocycles. The fourth-order valence-corrected chi connectivity index (χ4v) is 2.80. The van der Waals surface area contributed by atoms with Crippen molar-refractivity contribution in [3.63, 3.8) is 0 Å². The van der Waals surface area contributed by atoms with Gasteiger partial charge in [-0.3, -0.25) is 9.48 Å². The van der Waals surface area contributed by atoms with Crippen LogP contribution >= 0.6 is 11.6 Å². The van der Waals surface area contributed by atoms with E-state index in [2.05, 4.69) is 32.3 Å². The van der Waals surface area contributed by atoms with Crippen molar-refractivity contribution in [1.29, 1.82) is 0 Å². The van der Waals surface area contributed by atoms with Crippen molar-refractivity contribution in [3.05, 3.63) is 71.7 Å². The zero-order chi connectivity index (χ0) is 20.6. The van der Waals surface area contributed by atoms with E-state index >= 15 is 0 Å². The molecule has 1 aromatic carbocycles. The first-order chi connectivity index (χ1) is 14.1. The van der Waals surface area contributed by atoms with Gasteiger partial charge in [-0.2, -0.15) is 10.1 Å². The number of ketones is 1. The van der Waals surface area contributed by atoms with Crippen LogP contribution in [0.15, 0.2) is 55.5 Å². The SMILES string of the molecule is C=CC(=O)Cc1cccc(CNc2nc(Nc3cnn(CCO)c3)ncc2Cl)c1. The Morgan fingerprint density at radius 1 is 1.31 bits per heavy atom. The Morgan fingerprint density at radius 2 is 2.14 bits per heavy atom. The molecule has 0 atom stereocenters. The lowest BCUT2D eigenvalue weighted by Crippen LogP contribution is -2.06. The summed E-state index contributed by atoms with van der Waals surface area (Å²) in [6, 6.07) is 7.72. The summed E-state index contributed by atoms with van der Waals surface area (Å²) in [5, 5.41) is 19.7. The zero-order valence-electron chi connectivity index (χ0n) is 15.7. The molecular weight excluding hydrogens is 392 g/mol. The van der Waals surface area contributed by atoms with Gasteiger partial charge in [0.2, 0.25) is 5.95 Å². The molecular formula is C20H21ClN6O2. The quantitative estimate of drug-likeness (QED) is 0.439. The first-order valence-electron chi connectivity index (χ1n) is 8.97. The summed E-state index contributed by atoms with van der Waals surface area (Å²) in [7, 11) is 0. The van der Waals surface area contributed by atoms with Gasteiger partial charge in [0.25, 0.3) is 0 Å². The second-order valence-electron chi connectivity index (χ2n) is 6.25. The molecule has 3 aromatic rings. The summed E-state index contributed by atoms with van der Waals surface area (Å²) >= 11 is 6.21. The number of allylic oxidation sites excluding steroid dienone is 1. The molecule has 0 saturated carbocycles. The first kappa shape index (κ1) is 20.5. The predicted molar refractivity (Wildman–Crippen MR) is 112 cm³/mol. The third-order valence-corrected chi connectivity index (χ3v) is 4.30. The Kier molecular flexibility index (Phi) is 6.94. The zero-order valence-corrected chi connectivity index (χ0v) is 16.4. The molecule has 0 spiro atoms. The van der Waals surface area contributed by atoms with Crippen LogP contribution in [-0.2, 0) is 24.3 Å². The molecule has 0 unspecified atom stereocenters. The monoisotopic (exact) mass is 412 g/mol. The molecule has 0 radical (unpaired) electrons. The van der Waals surface area contributed by atoms with E-state index in [9.17, 15) is 4.79 Å². The smallest absolute Gasteiger partial charge is 0.229 e. The van der Waals surface area contributed by atoms with Crippen molar-refractivity contribution in [2.75, 3.05) is 17.2 Å². The molecule has 9 heteroatoms. The van der Waals surface area contributed by atoms with Crippen molar-refractivity contribution >= 4 is 34.8 Å². The van der Waals surface area contributed by atoms with Crippen molar-refractivity contribution in [2.24, 2.45) is 0 Å². The summed E-state index contributed by atoms with van der Waals surface area (Å²) in [5.41, 5.74) is 2.62. The van der Waals surface area contributed by atoms with Crippen LogP contribution in [0.4, 0.5) is 17.5 Å². The van der Waals surface area contributed by atoms with Crippen molar-refractivity contribution in [1.82, 2.24) is 19.7 Å². The molecule has 0 aliphatic heterocycles. The van der Waals surface area contributed by atoms with Gasteiger partial charge in [-0.15, -0.1) is 0 Å². The third-order valence-electron chi connectivity index (χ3n) is 4.02. The van der Waals surface area contributed by atoms with Crippen LogP contribution in [0.25, 0.3) is 0 Å². The van der Waals surface area contributed by atoms with Crippen LogP contribution in [0.2, 0.25) is 5.02 Å². The Labute approximate surface area is 173 Å². The van der Waals surface area contributed by atoms with Crippen molar-refractivity contribution < 1.29 is 9.90 Å². The van der Waals surface area contributed by atoms with Gasteiger partial charge < -0.3 is 15.7 Å². The average Bonchev–Trinajstić information content (AvgIpc) is 3.16. The minimum Gasteiger partial charge on any atom is -0.394 e. The maximum Gasteiger partial charge on any atom is 0.229 e. The van der Waals surface area contributed by atoms with E-state index in [0.29, 0.717) is 42.0 Å². The molecule has 0 amide bonds. The standard InChI is InChI=1S/C20H21ClN6O2/c1-2-17(29)9-14-4-3-5-15(8-14)10-22-19-18(21)12-23-20(26-19)25-16-11-24-27(13-16)6-7-28/h2-5,8,11-13,28H,1,6-7,9-10H2,(H2,22,23,25,26). The van der Waals surface area contributed by atoms with Crippen LogP contribution in [0.3, 0.4) is 0 Å². The van der Waals surface area contributed by atoms with E-state index in [1.54, 1.807) is 17.1 Å². The van der Waals surface area contributed by atoms with Gasteiger partial charge in [-0.05, 0) is 17.2 Å². The normalized spacial score (nSPS) is 10.6. The molecule has 0 bridgehead atoms. The van der Waals surface area contributed by atoms with Crippen molar-refractivity contribution in [3.8, 4) is 0 Å². The highest BCUT2D eigenvalue weighted by atomic mass is 35.5. The molecule has 0 aliphatic rings. The topological polar surface area (TPSA) is 105 Å². The number of carbonyl (C=O) groups is 1. The number of nitrogens with one attached hydrogen (secondary N) is 2. The van der Waals surface area contributed by atoms with E-state index in [4.69, 9.17) is 16.7 Å².